The standard InChI is InChI=1S/C22H21BrFN3O2S/c1-14-19(21(28)26-9-11-29-12-10-26)20(15-7-8-18(24)17(23)13-15)25-22(30)27(14)16-5-3-2-4-6-16/h2-8,13,20H,9-12H2,1H3,(H,25,30). The van der Waals surface area contributed by atoms with Crippen molar-refractivity contribution >= 4 is 44.9 Å². The van der Waals surface area contributed by atoms with Crippen LogP contribution in [-0.4, -0.2) is 42.2 Å². The van der Waals surface area contributed by atoms with Gasteiger partial charge in [-0.05, 0) is 64.9 Å². The van der Waals surface area contributed by atoms with E-state index < -0.39 is 6.04 Å². The Morgan fingerprint density at radius 2 is 1.90 bits per heavy atom. The highest BCUT2D eigenvalue weighted by Gasteiger charge is 2.37. The first-order valence-corrected chi connectivity index (χ1v) is 10.9. The van der Waals surface area contributed by atoms with Crippen molar-refractivity contribution < 1.29 is 13.9 Å². The minimum Gasteiger partial charge on any atom is -0.378 e. The van der Waals surface area contributed by atoms with Crippen molar-refractivity contribution in [2.24, 2.45) is 0 Å². The average molecular weight is 490 g/mol. The molecule has 0 aromatic heterocycles. The van der Waals surface area contributed by atoms with Gasteiger partial charge in [-0.2, -0.15) is 0 Å². The number of hydrogen-bond donors (Lipinski definition) is 1. The lowest BCUT2D eigenvalue weighted by molar-refractivity contribution is -0.131. The molecule has 8 heteroatoms. The number of ether oxygens (including phenoxy) is 1. The number of para-hydroxylation sites is 1. The molecule has 1 fully saturated rings. The number of amides is 1. The molecule has 2 aromatic carbocycles. The average Bonchev–Trinajstić information content (AvgIpc) is 2.76. The van der Waals surface area contributed by atoms with Crippen LogP contribution < -0.4 is 10.2 Å². The summed E-state index contributed by atoms with van der Waals surface area (Å²) in [6.07, 6.45) is 0. The Morgan fingerprint density at radius 1 is 1.20 bits per heavy atom. The molecular formula is C22H21BrFN3O2S. The van der Waals surface area contributed by atoms with Gasteiger partial charge in [0.15, 0.2) is 5.11 Å². The van der Waals surface area contributed by atoms with Gasteiger partial charge in [-0.25, -0.2) is 4.39 Å². The summed E-state index contributed by atoms with van der Waals surface area (Å²) in [5.41, 5.74) is 2.98. The van der Waals surface area contributed by atoms with Gasteiger partial charge < -0.3 is 15.0 Å². The van der Waals surface area contributed by atoms with Crippen LogP contribution in [-0.2, 0) is 9.53 Å². The zero-order valence-electron chi connectivity index (χ0n) is 16.4. The number of morpholine rings is 1. The molecule has 2 aliphatic rings. The molecule has 1 saturated heterocycles. The number of benzene rings is 2. The fourth-order valence-electron chi connectivity index (χ4n) is 3.79. The third-order valence-electron chi connectivity index (χ3n) is 5.30. The predicted octanol–water partition coefficient (Wildman–Crippen LogP) is 4.16. The Balaban J connectivity index is 1.82. The minimum absolute atomic E-state index is 0.0721. The van der Waals surface area contributed by atoms with E-state index in [9.17, 15) is 9.18 Å². The van der Waals surface area contributed by atoms with Crippen LogP contribution in [0.25, 0.3) is 0 Å². The summed E-state index contributed by atoms with van der Waals surface area (Å²) in [5.74, 6) is -0.429. The first-order chi connectivity index (χ1) is 14.5. The molecule has 5 nitrogen and oxygen atoms in total. The molecule has 0 saturated carbocycles. The number of anilines is 1. The molecule has 156 valence electrons. The van der Waals surface area contributed by atoms with E-state index in [4.69, 9.17) is 17.0 Å². The molecule has 1 amide bonds. The van der Waals surface area contributed by atoms with Crippen LogP contribution in [0, 0.1) is 5.82 Å². The van der Waals surface area contributed by atoms with Gasteiger partial charge in [0.1, 0.15) is 5.82 Å². The molecule has 2 aliphatic heterocycles. The van der Waals surface area contributed by atoms with E-state index in [0.717, 1.165) is 16.9 Å². The molecular weight excluding hydrogens is 469 g/mol. The molecule has 1 N–H and O–H groups in total. The number of nitrogens with one attached hydrogen (secondary N) is 1. The van der Waals surface area contributed by atoms with Gasteiger partial charge >= 0.3 is 0 Å². The fraction of sp³-hybridized carbons (Fsp3) is 0.273. The number of hydrogen-bond acceptors (Lipinski definition) is 3. The Labute approximate surface area is 188 Å². The summed E-state index contributed by atoms with van der Waals surface area (Å²) in [6.45, 7) is 3.99. The number of halogens is 2. The highest BCUT2D eigenvalue weighted by molar-refractivity contribution is 9.10. The molecule has 0 spiro atoms. The van der Waals surface area contributed by atoms with Gasteiger partial charge in [-0.3, -0.25) is 9.69 Å². The smallest absolute Gasteiger partial charge is 0.254 e. The van der Waals surface area contributed by atoms with E-state index in [1.165, 1.54) is 6.07 Å². The number of allylic oxidation sites excluding steroid dienone is 1. The van der Waals surface area contributed by atoms with Crippen molar-refractivity contribution in [2.75, 3.05) is 31.2 Å². The van der Waals surface area contributed by atoms with Gasteiger partial charge in [-0.15, -0.1) is 0 Å². The summed E-state index contributed by atoms with van der Waals surface area (Å²) in [7, 11) is 0. The minimum atomic E-state index is -0.482. The zero-order chi connectivity index (χ0) is 21.3. The summed E-state index contributed by atoms with van der Waals surface area (Å²) >= 11 is 8.92. The molecule has 0 radical (unpaired) electrons. The topological polar surface area (TPSA) is 44.8 Å². The van der Waals surface area contributed by atoms with Gasteiger partial charge in [0, 0.05) is 24.5 Å². The molecule has 0 bridgehead atoms. The third kappa shape index (κ3) is 3.99. The fourth-order valence-corrected chi connectivity index (χ4v) is 4.54. The third-order valence-corrected chi connectivity index (χ3v) is 6.21. The van der Waals surface area contributed by atoms with Crippen molar-refractivity contribution in [3.63, 3.8) is 0 Å². The second-order valence-electron chi connectivity index (χ2n) is 7.13. The Bertz CT molecular complexity index is 1010. The largest absolute Gasteiger partial charge is 0.378 e. The van der Waals surface area contributed by atoms with Crippen LogP contribution in [0.15, 0.2) is 64.3 Å². The normalized spacial score (nSPS) is 19.7. The molecule has 1 atom stereocenters. The van der Waals surface area contributed by atoms with Gasteiger partial charge in [-0.1, -0.05) is 24.3 Å². The molecule has 2 aromatic rings. The predicted molar refractivity (Wildman–Crippen MR) is 122 cm³/mol. The number of carbonyl (C=O) groups excluding carboxylic acids is 1. The number of rotatable bonds is 3. The number of nitrogens with zero attached hydrogens (tertiary/aromatic N) is 2. The first-order valence-electron chi connectivity index (χ1n) is 9.66. The van der Waals surface area contributed by atoms with Crippen LogP contribution in [0.1, 0.15) is 18.5 Å². The summed E-state index contributed by atoms with van der Waals surface area (Å²) in [4.78, 5) is 17.3. The SMILES string of the molecule is CC1=C(C(=O)N2CCOCC2)C(c2ccc(F)c(Br)c2)NC(=S)N1c1ccccc1. The lowest BCUT2D eigenvalue weighted by Gasteiger charge is -2.40. The summed E-state index contributed by atoms with van der Waals surface area (Å²) in [6, 6.07) is 14.0. The van der Waals surface area contributed by atoms with Crippen LogP contribution in [0.4, 0.5) is 10.1 Å². The van der Waals surface area contributed by atoms with Crippen LogP contribution in [0.5, 0.6) is 0 Å². The van der Waals surface area contributed by atoms with Crippen LogP contribution >= 0.6 is 28.1 Å². The maximum absolute atomic E-state index is 13.8. The maximum Gasteiger partial charge on any atom is 0.254 e. The number of thiocarbonyl (C=S) groups is 1. The van der Waals surface area contributed by atoms with Crippen molar-refractivity contribution in [3.8, 4) is 0 Å². The molecule has 0 aliphatic carbocycles. The monoisotopic (exact) mass is 489 g/mol. The van der Waals surface area contributed by atoms with Crippen molar-refractivity contribution in [2.45, 2.75) is 13.0 Å². The summed E-state index contributed by atoms with van der Waals surface area (Å²) in [5, 5.41) is 3.79. The van der Waals surface area contributed by atoms with Gasteiger partial charge in [0.05, 0.1) is 29.3 Å². The van der Waals surface area contributed by atoms with E-state index in [1.807, 2.05) is 42.2 Å². The van der Waals surface area contributed by atoms with Crippen molar-refractivity contribution in [3.05, 3.63) is 75.7 Å². The lowest BCUT2D eigenvalue weighted by atomic mass is 9.93. The van der Waals surface area contributed by atoms with E-state index in [1.54, 1.807) is 17.0 Å². The van der Waals surface area contributed by atoms with Gasteiger partial charge in [0.2, 0.25) is 0 Å². The lowest BCUT2D eigenvalue weighted by Crippen LogP contribution is -2.51. The molecule has 1 unspecified atom stereocenters. The first kappa shape index (κ1) is 21.0. The number of carbonyl (C=O) groups is 1. The van der Waals surface area contributed by atoms with E-state index in [-0.39, 0.29) is 11.7 Å². The molecule has 30 heavy (non-hydrogen) atoms. The highest BCUT2D eigenvalue weighted by Crippen LogP contribution is 2.35. The second kappa shape index (κ2) is 8.83. The molecule has 2 heterocycles. The van der Waals surface area contributed by atoms with Crippen LogP contribution in [0.3, 0.4) is 0 Å². The van der Waals surface area contributed by atoms with Crippen molar-refractivity contribution in [1.82, 2.24) is 10.2 Å². The van der Waals surface area contributed by atoms with Crippen molar-refractivity contribution in [1.29, 1.82) is 0 Å². The van der Waals surface area contributed by atoms with E-state index in [2.05, 4.69) is 21.2 Å². The maximum atomic E-state index is 13.8. The Kier molecular flexibility index (Phi) is 6.17. The van der Waals surface area contributed by atoms with E-state index >= 15 is 0 Å². The zero-order valence-corrected chi connectivity index (χ0v) is 18.8. The van der Waals surface area contributed by atoms with Crippen LogP contribution in [0.2, 0.25) is 0 Å². The quantitative estimate of drug-likeness (QED) is 0.655. The molecule has 4 rings (SSSR count). The second-order valence-corrected chi connectivity index (χ2v) is 8.37. The Morgan fingerprint density at radius 3 is 2.57 bits per heavy atom. The summed E-state index contributed by atoms with van der Waals surface area (Å²) < 4.78 is 19.6. The van der Waals surface area contributed by atoms with E-state index in [0.29, 0.717) is 41.5 Å². The Hall–Kier alpha value is -2.29. The van der Waals surface area contributed by atoms with Gasteiger partial charge in [0.25, 0.3) is 5.91 Å². The highest BCUT2D eigenvalue weighted by atomic mass is 79.9.